The van der Waals surface area contributed by atoms with Crippen LogP contribution in [0.2, 0.25) is 0 Å². The average Bonchev–Trinajstić information content (AvgIpc) is 2.56. The molecule has 1 unspecified atom stereocenters. The van der Waals surface area contributed by atoms with Gasteiger partial charge in [-0.1, -0.05) is 30.3 Å². The van der Waals surface area contributed by atoms with E-state index in [2.05, 4.69) is 10.0 Å². The van der Waals surface area contributed by atoms with Gasteiger partial charge in [0.15, 0.2) is 0 Å². The maximum absolute atomic E-state index is 11.5. The van der Waals surface area contributed by atoms with Crippen LogP contribution in [0.4, 0.5) is 0 Å². The van der Waals surface area contributed by atoms with Crippen LogP contribution in [0.25, 0.3) is 0 Å². The minimum absolute atomic E-state index is 0.0811. The third kappa shape index (κ3) is 8.32. The van der Waals surface area contributed by atoms with Crippen molar-refractivity contribution in [3.8, 4) is 0 Å². The maximum atomic E-state index is 11.5. The van der Waals surface area contributed by atoms with Gasteiger partial charge in [0.05, 0.1) is 31.6 Å². The number of rotatable bonds is 12. The molecule has 1 rings (SSSR count). The van der Waals surface area contributed by atoms with Gasteiger partial charge >= 0.3 is 7.60 Å². The number of aliphatic hydroxyl groups excluding tert-OH is 3. The molecule has 0 spiro atoms. The number of hydroxylamine groups is 1. The van der Waals surface area contributed by atoms with Crippen molar-refractivity contribution in [2.45, 2.75) is 38.3 Å². The zero-order valence-electron chi connectivity index (χ0n) is 13.6. The SMILES string of the molecule is CCOP(=O)(O)CC[C@@H](O)[C@@H](O)[C@@H](O)CNOCc1ccccc1. The first-order valence-corrected chi connectivity index (χ1v) is 9.51. The Morgan fingerprint density at radius 2 is 1.83 bits per heavy atom. The molecule has 0 heterocycles. The zero-order chi connectivity index (χ0) is 18.0. The molecule has 0 aliphatic carbocycles. The quantitative estimate of drug-likeness (QED) is 0.205. The predicted molar refractivity (Wildman–Crippen MR) is 88.2 cm³/mol. The number of hydrogen-bond donors (Lipinski definition) is 5. The fourth-order valence-electron chi connectivity index (χ4n) is 1.96. The van der Waals surface area contributed by atoms with Crippen molar-refractivity contribution in [2.75, 3.05) is 19.3 Å². The first-order valence-electron chi connectivity index (χ1n) is 7.75. The van der Waals surface area contributed by atoms with E-state index in [0.29, 0.717) is 0 Å². The minimum Gasteiger partial charge on any atom is -0.390 e. The molecule has 0 aromatic heterocycles. The van der Waals surface area contributed by atoms with Crippen LogP contribution in [0.5, 0.6) is 0 Å². The Bertz CT molecular complexity index is 502. The van der Waals surface area contributed by atoms with Crippen LogP contribution in [0.15, 0.2) is 30.3 Å². The summed E-state index contributed by atoms with van der Waals surface area (Å²) in [7, 11) is -3.77. The molecule has 0 aliphatic heterocycles. The molecule has 1 aromatic carbocycles. The van der Waals surface area contributed by atoms with E-state index in [0.717, 1.165) is 5.56 Å². The molecule has 4 atom stereocenters. The second kappa shape index (κ2) is 10.9. The topological polar surface area (TPSA) is 128 Å². The van der Waals surface area contributed by atoms with Crippen LogP contribution in [0.1, 0.15) is 18.9 Å². The normalized spacial score (nSPS) is 17.9. The minimum atomic E-state index is -3.77. The summed E-state index contributed by atoms with van der Waals surface area (Å²) in [6.07, 6.45) is -4.59. The van der Waals surface area contributed by atoms with Gasteiger partial charge in [0, 0.05) is 6.54 Å². The zero-order valence-corrected chi connectivity index (χ0v) is 14.5. The van der Waals surface area contributed by atoms with E-state index in [1.165, 1.54) is 0 Å². The van der Waals surface area contributed by atoms with Gasteiger partial charge in [-0.05, 0) is 18.9 Å². The Labute approximate surface area is 141 Å². The van der Waals surface area contributed by atoms with Crippen molar-refractivity contribution in [1.82, 2.24) is 5.48 Å². The van der Waals surface area contributed by atoms with Crippen molar-refractivity contribution < 1.29 is 34.1 Å². The largest absolute Gasteiger partial charge is 0.390 e. The number of nitrogens with one attached hydrogen (secondary N) is 1. The van der Waals surface area contributed by atoms with Gasteiger partial charge in [0.25, 0.3) is 0 Å². The van der Waals surface area contributed by atoms with Crippen LogP contribution >= 0.6 is 7.60 Å². The smallest absolute Gasteiger partial charge is 0.328 e. The fourth-order valence-corrected chi connectivity index (χ4v) is 3.09. The van der Waals surface area contributed by atoms with E-state index >= 15 is 0 Å². The fraction of sp³-hybridized carbons (Fsp3) is 0.600. The summed E-state index contributed by atoms with van der Waals surface area (Å²) < 4.78 is 16.2. The lowest BCUT2D eigenvalue weighted by molar-refractivity contribution is -0.0788. The van der Waals surface area contributed by atoms with Gasteiger partial charge in [-0.25, -0.2) is 0 Å². The Morgan fingerprint density at radius 1 is 1.17 bits per heavy atom. The molecule has 0 fully saturated rings. The number of aliphatic hydroxyl groups is 3. The molecular formula is C15H26NO7P. The van der Waals surface area contributed by atoms with Gasteiger partial charge in [-0.3, -0.25) is 9.40 Å². The van der Waals surface area contributed by atoms with Gasteiger partial charge < -0.3 is 24.7 Å². The average molecular weight is 363 g/mol. The van der Waals surface area contributed by atoms with Crippen molar-refractivity contribution in [1.29, 1.82) is 0 Å². The van der Waals surface area contributed by atoms with E-state index in [4.69, 9.17) is 4.84 Å². The van der Waals surface area contributed by atoms with E-state index in [-0.39, 0.29) is 32.3 Å². The highest BCUT2D eigenvalue weighted by Gasteiger charge is 2.28. The summed E-state index contributed by atoms with van der Waals surface area (Å²) in [6.45, 7) is 1.85. The molecule has 5 N–H and O–H groups in total. The highest BCUT2D eigenvalue weighted by atomic mass is 31.2. The Hall–Kier alpha value is -0.830. The summed E-state index contributed by atoms with van der Waals surface area (Å²) in [5.41, 5.74) is 3.45. The van der Waals surface area contributed by atoms with Gasteiger partial charge in [-0.15, -0.1) is 0 Å². The molecule has 1 aromatic rings. The molecular weight excluding hydrogens is 337 g/mol. The Kier molecular flexibility index (Phi) is 9.65. The monoisotopic (exact) mass is 363 g/mol. The Morgan fingerprint density at radius 3 is 2.46 bits per heavy atom. The lowest BCUT2D eigenvalue weighted by Gasteiger charge is -2.23. The lowest BCUT2D eigenvalue weighted by Crippen LogP contribution is -2.43. The van der Waals surface area contributed by atoms with Crippen molar-refractivity contribution in [3.63, 3.8) is 0 Å². The molecule has 9 heteroatoms. The molecule has 0 radical (unpaired) electrons. The highest BCUT2D eigenvalue weighted by molar-refractivity contribution is 7.52. The second-order valence-electron chi connectivity index (χ2n) is 5.32. The summed E-state index contributed by atoms with van der Waals surface area (Å²) in [6, 6.07) is 9.38. The van der Waals surface area contributed by atoms with Gasteiger partial charge in [0.1, 0.15) is 6.10 Å². The third-order valence-corrected chi connectivity index (χ3v) is 4.79. The van der Waals surface area contributed by atoms with Crippen LogP contribution in [-0.2, 0) is 20.5 Å². The summed E-state index contributed by atoms with van der Waals surface area (Å²) in [5, 5.41) is 29.4. The number of hydrogen-bond acceptors (Lipinski definition) is 7. The third-order valence-electron chi connectivity index (χ3n) is 3.30. The standard InChI is InChI=1S/C15H26NO7P/c1-2-23-24(20,21)9-8-13(17)15(19)14(18)10-16-22-11-12-6-4-3-5-7-12/h3-7,13-19H,2,8-11H2,1H3,(H,20,21)/t13-,14+,15-/m1/s1. The van der Waals surface area contributed by atoms with Crippen molar-refractivity contribution in [3.05, 3.63) is 35.9 Å². The Balaban J connectivity index is 2.25. The predicted octanol–water partition coefficient (Wildman–Crippen LogP) is 0.402. The van der Waals surface area contributed by atoms with E-state index in [1.807, 2.05) is 30.3 Å². The molecule has 0 aliphatic rings. The van der Waals surface area contributed by atoms with Crippen LogP contribution in [0.3, 0.4) is 0 Å². The molecule has 0 amide bonds. The van der Waals surface area contributed by atoms with Crippen molar-refractivity contribution in [2.24, 2.45) is 0 Å². The van der Waals surface area contributed by atoms with Gasteiger partial charge in [-0.2, -0.15) is 5.48 Å². The summed E-state index contributed by atoms with van der Waals surface area (Å²) in [5.74, 6) is 0. The lowest BCUT2D eigenvalue weighted by atomic mass is 10.1. The van der Waals surface area contributed by atoms with E-state index in [1.54, 1.807) is 6.92 Å². The van der Waals surface area contributed by atoms with Gasteiger partial charge in [0.2, 0.25) is 0 Å². The number of benzene rings is 1. The maximum Gasteiger partial charge on any atom is 0.328 e. The van der Waals surface area contributed by atoms with Crippen LogP contribution in [-0.4, -0.2) is 57.8 Å². The van der Waals surface area contributed by atoms with E-state index < -0.39 is 25.9 Å². The first-order chi connectivity index (χ1) is 11.4. The molecule has 24 heavy (non-hydrogen) atoms. The molecule has 0 bridgehead atoms. The summed E-state index contributed by atoms with van der Waals surface area (Å²) in [4.78, 5) is 14.6. The first kappa shape index (κ1) is 21.2. The molecule has 0 saturated carbocycles. The molecule has 138 valence electrons. The molecule has 0 saturated heterocycles. The summed E-state index contributed by atoms with van der Waals surface area (Å²) >= 11 is 0. The van der Waals surface area contributed by atoms with Crippen molar-refractivity contribution >= 4 is 7.60 Å². The second-order valence-corrected chi connectivity index (χ2v) is 7.30. The van der Waals surface area contributed by atoms with Crippen LogP contribution in [0, 0.1) is 0 Å². The molecule has 8 nitrogen and oxygen atoms in total. The highest BCUT2D eigenvalue weighted by Crippen LogP contribution is 2.42. The van der Waals surface area contributed by atoms with E-state index in [9.17, 15) is 24.8 Å². The van der Waals surface area contributed by atoms with Crippen LogP contribution < -0.4 is 5.48 Å².